The van der Waals surface area contributed by atoms with Crippen LogP contribution >= 0.6 is 0 Å². The van der Waals surface area contributed by atoms with Crippen molar-refractivity contribution >= 4 is 23.9 Å². The first-order valence-electron chi connectivity index (χ1n) is 7.33. The second-order valence-corrected chi connectivity index (χ2v) is 5.53. The minimum atomic E-state index is -0.654. The Morgan fingerprint density at radius 1 is 0.583 bits per heavy atom. The molecule has 6 heteroatoms. The normalized spacial score (nSPS) is 15.2. The summed E-state index contributed by atoms with van der Waals surface area (Å²) in [6, 6.07) is 9.93. The zero-order valence-electron chi connectivity index (χ0n) is 12.3. The molecule has 118 valence electrons. The number of carbonyl (C=O) groups is 4. The highest BCUT2D eigenvalue weighted by Gasteiger charge is 2.33. The maximum atomic E-state index is 11.8. The van der Waals surface area contributed by atoms with Crippen molar-refractivity contribution in [2.75, 3.05) is 0 Å². The molecule has 0 fully saturated rings. The molecule has 2 heterocycles. The van der Waals surface area contributed by atoms with Gasteiger partial charge in [0.15, 0.2) is 0 Å². The minimum Gasteiger partial charge on any atom is -0.386 e. The van der Waals surface area contributed by atoms with E-state index in [0.717, 1.165) is 0 Å². The van der Waals surface area contributed by atoms with E-state index in [1.54, 1.807) is 36.4 Å². The summed E-state index contributed by atoms with van der Waals surface area (Å²) in [5, 5.41) is 0. The third kappa shape index (κ3) is 2.04. The van der Waals surface area contributed by atoms with Gasteiger partial charge in [0.05, 0.1) is 22.3 Å². The van der Waals surface area contributed by atoms with E-state index < -0.39 is 23.9 Å². The van der Waals surface area contributed by atoms with Crippen LogP contribution in [0.4, 0.5) is 0 Å². The van der Waals surface area contributed by atoms with Crippen LogP contribution in [-0.4, -0.2) is 23.9 Å². The quantitative estimate of drug-likeness (QED) is 0.635. The first kappa shape index (κ1) is 14.3. The van der Waals surface area contributed by atoms with Crippen LogP contribution in [0, 0.1) is 0 Å². The molecule has 2 aromatic carbocycles. The van der Waals surface area contributed by atoms with Gasteiger partial charge in [0.25, 0.3) is 0 Å². The molecule has 0 amide bonds. The van der Waals surface area contributed by atoms with Crippen molar-refractivity contribution in [3.63, 3.8) is 0 Å². The summed E-state index contributed by atoms with van der Waals surface area (Å²) in [6.07, 6.45) is 0.840. The molecule has 2 aliphatic rings. The predicted octanol–water partition coefficient (Wildman–Crippen LogP) is 2.09. The third-order valence-electron chi connectivity index (χ3n) is 4.18. The Bertz CT molecular complexity index is 863. The second-order valence-electron chi connectivity index (χ2n) is 5.53. The lowest BCUT2D eigenvalue weighted by atomic mass is 9.94. The van der Waals surface area contributed by atoms with Crippen LogP contribution in [0.15, 0.2) is 36.4 Å². The molecule has 0 saturated carbocycles. The number of cyclic esters (lactones) is 4. The molecule has 0 aliphatic carbocycles. The van der Waals surface area contributed by atoms with Crippen molar-refractivity contribution in [1.29, 1.82) is 0 Å². The number of carbonyl (C=O) groups excluding carboxylic acids is 4. The van der Waals surface area contributed by atoms with Gasteiger partial charge in [-0.25, -0.2) is 19.2 Å². The first-order valence-corrected chi connectivity index (χ1v) is 7.33. The maximum absolute atomic E-state index is 11.8. The lowest BCUT2D eigenvalue weighted by Crippen LogP contribution is -2.05. The molecule has 0 atom stereocenters. The summed E-state index contributed by atoms with van der Waals surface area (Å²) in [5.74, 6) is -2.60. The fourth-order valence-corrected chi connectivity index (χ4v) is 3.09. The summed E-state index contributed by atoms with van der Waals surface area (Å²) < 4.78 is 9.27. The van der Waals surface area contributed by atoms with E-state index in [1.807, 2.05) is 0 Å². The molecule has 0 spiro atoms. The van der Waals surface area contributed by atoms with Crippen molar-refractivity contribution < 1.29 is 28.7 Å². The molecule has 2 aromatic rings. The lowest BCUT2D eigenvalue weighted by Gasteiger charge is -2.07. The van der Waals surface area contributed by atoms with Gasteiger partial charge in [-0.1, -0.05) is 24.3 Å². The molecule has 0 unspecified atom stereocenters. The molecule has 0 bridgehead atoms. The third-order valence-corrected chi connectivity index (χ3v) is 4.18. The standard InChI is InChI=1S/C18H10O6/c19-15-11-5-1-3-9(13(11)17(21)23-15)7-8-10-4-2-6-12-14(10)18(22)24-16(12)20/h1-6H,7-8H2. The highest BCUT2D eigenvalue weighted by molar-refractivity contribution is 6.16. The lowest BCUT2D eigenvalue weighted by molar-refractivity contribution is 0.0425. The van der Waals surface area contributed by atoms with Gasteiger partial charge >= 0.3 is 23.9 Å². The Balaban J connectivity index is 1.67. The first-order chi connectivity index (χ1) is 11.6. The van der Waals surface area contributed by atoms with Crippen LogP contribution < -0.4 is 0 Å². The molecule has 24 heavy (non-hydrogen) atoms. The van der Waals surface area contributed by atoms with E-state index in [4.69, 9.17) is 0 Å². The van der Waals surface area contributed by atoms with E-state index in [2.05, 4.69) is 9.47 Å². The van der Waals surface area contributed by atoms with Crippen molar-refractivity contribution in [2.45, 2.75) is 12.8 Å². The molecule has 0 radical (unpaired) electrons. The van der Waals surface area contributed by atoms with E-state index in [-0.39, 0.29) is 22.3 Å². The fourth-order valence-electron chi connectivity index (χ4n) is 3.09. The average molecular weight is 322 g/mol. The van der Waals surface area contributed by atoms with Crippen molar-refractivity contribution in [1.82, 2.24) is 0 Å². The van der Waals surface area contributed by atoms with E-state index in [0.29, 0.717) is 24.0 Å². The van der Waals surface area contributed by atoms with Gasteiger partial charge in [-0.15, -0.1) is 0 Å². The summed E-state index contributed by atoms with van der Waals surface area (Å²) >= 11 is 0. The molecule has 2 aliphatic heterocycles. The summed E-state index contributed by atoms with van der Waals surface area (Å²) in [4.78, 5) is 46.8. The van der Waals surface area contributed by atoms with Crippen molar-refractivity contribution in [3.05, 3.63) is 69.8 Å². The van der Waals surface area contributed by atoms with Crippen LogP contribution in [0.3, 0.4) is 0 Å². The maximum Gasteiger partial charge on any atom is 0.347 e. The Morgan fingerprint density at radius 2 is 1.00 bits per heavy atom. The topological polar surface area (TPSA) is 86.7 Å². The van der Waals surface area contributed by atoms with E-state index in [9.17, 15) is 19.2 Å². The van der Waals surface area contributed by atoms with Crippen LogP contribution in [0.1, 0.15) is 52.6 Å². The highest BCUT2D eigenvalue weighted by atomic mass is 16.6. The molecule has 4 rings (SSSR count). The number of benzene rings is 2. The molecule has 6 nitrogen and oxygen atoms in total. The van der Waals surface area contributed by atoms with Crippen LogP contribution in [-0.2, 0) is 22.3 Å². The van der Waals surface area contributed by atoms with Gasteiger partial charge in [-0.05, 0) is 36.1 Å². The smallest absolute Gasteiger partial charge is 0.347 e. The fraction of sp³-hybridized carbons (Fsp3) is 0.111. The van der Waals surface area contributed by atoms with Gasteiger partial charge in [0, 0.05) is 0 Å². The number of esters is 4. The molecular formula is C18H10O6. The number of ether oxygens (including phenoxy) is 2. The minimum absolute atomic E-state index is 0.255. The summed E-state index contributed by atoms with van der Waals surface area (Å²) in [7, 11) is 0. The number of fused-ring (bicyclic) bond motifs is 2. The van der Waals surface area contributed by atoms with Gasteiger partial charge in [0.1, 0.15) is 0 Å². The SMILES string of the molecule is O=C1OC(=O)c2c(CCc3cccc4c3C(=O)OC4=O)cccc21. The summed E-state index contributed by atoms with van der Waals surface area (Å²) in [6.45, 7) is 0. The molecule has 0 N–H and O–H groups in total. The molecule has 0 aromatic heterocycles. The summed E-state index contributed by atoms with van der Waals surface area (Å²) in [5.41, 5.74) is 2.38. The zero-order chi connectivity index (χ0) is 16.8. The van der Waals surface area contributed by atoms with Crippen molar-refractivity contribution in [2.24, 2.45) is 0 Å². The van der Waals surface area contributed by atoms with Gasteiger partial charge in [0.2, 0.25) is 0 Å². The Hall–Kier alpha value is -3.28. The number of aryl methyl sites for hydroxylation is 2. The number of hydrogen-bond acceptors (Lipinski definition) is 6. The van der Waals surface area contributed by atoms with Gasteiger partial charge < -0.3 is 9.47 Å². The monoisotopic (exact) mass is 322 g/mol. The largest absolute Gasteiger partial charge is 0.386 e. The van der Waals surface area contributed by atoms with Crippen LogP contribution in [0.5, 0.6) is 0 Å². The Morgan fingerprint density at radius 3 is 1.42 bits per heavy atom. The van der Waals surface area contributed by atoms with E-state index >= 15 is 0 Å². The highest BCUT2D eigenvalue weighted by Crippen LogP contribution is 2.27. The van der Waals surface area contributed by atoms with Gasteiger partial charge in [-0.2, -0.15) is 0 Å². The van der Waals surface area contributed by atoms with E-state index in [1.165, 1.54) is 0 Å². The molecular weight excluding hydrogens is 312 g/mol. The van der Waals surface area contributed by atoms with Crippen LogP contribution in [0.25, 0.3) is 0 Å². The number of rotatable bonds is 3. The Kier molecular flexibility index (Phi) is 3.06. The second kappa shape index (κ2) is 5.13. The Labute approximate surface area is 136 Å². The zero-order valence-corrected chi connectivity index (χ0v) is 12.3. The predicted molar refractivity (Wildman–Crippen MR) is 79.8 cm³/mol. The van der Waals surface area contributed by atoms with Gasteiger partial charge in [-0.3, -0.25) is 0 Å². The number of hydrogen-bond donors (Lipinski definition) is 0. The average Bonchev–Trinajstić information content (AvgIpc) is 3.03. The van der Waals surface area contributed by atoms with Crippen molar-refractivity contribution in [3.8, 4) is 0 Å². The molecule has 0 saturated heterocycles. The van der Waals surface area contributed by atoms with Crippen LogP contribution in [0.2, 0.25) is 0 Å².